The van der Waals surface area contributed by atoms with Crippen LogP contribution in [0.15, 0.2) is 16.6 Å². The fraction of sp³-hybridized carbons (Fsp3) is 0.364. The Morgan fingerprint density at radius 2 is 2.10 bits per heavy atom. The van der Waals surface area contributed by atoms with Gasteiger partial charge in [0.15, 0.2) is 0 Å². The van der Waals surface area contributed by atoms with Gasteiger partial charge in [0.2, 0.25) is 0 Å². The fourth-order valence-corrected chi connectivity index (χ4v) is 1.73. The van der Waals surface area contributed by atoms with Gasteiger partial charge in [0, 0.05) is 0 Å². The topological polar surface area (TPSA) is 72.5 Å². The van der Waals surface area contributed by atoms with Crippen molar-refractivity contribution in [2.24, 2.45) is 5.73 Å². The Balaban J connectivity index is 0.00000361. The zero-order chi connectivity index (χ0) is 14.8. The molecule has 1 aromatic rings. The van der Waals surface area contributed by atoms with Crippen molar-refractivity contribution in [2.75, 3.05) is 6.61 Å². The predicted octanol–water partition coefficient (Wildman–Crippen LogP) is 2.91. The number of alkyl halides is 2. The van der Waals surface area contributed by atoms with E-state index in [1.807, 2.05) is 0 Å². The molecule has 0 saturated heterocycles. The highest BCUT2D eigenvalue weighted by Gasteiger charge is 2.49. The Morgan fingerprint density at radius 3 is 2.60 bits per heavy atom. The largest absolute Gasteiger partial charge is 0.506 e. The minimum absolute atomic E-state index is 0. The molecule has 0 amide bonds. The molecular formula is C11H12BrClF3NO3. The summed E-state index contributed by atoms with van der Waals surface area (Å²) in [6.07, 6.45) is 0. The number of phenolic OH excluding ortho intramolecular Hbond substituents is 1. The first kappa shape index (κ1) is 19.0. The van der Waals surface area contributed by atoms with E-state index in [0.717, 1.165) is 12.1 Å². The summed E-state index contributed by atoms with van der Waals surface area (Å²) < 4.78 is 45.0. The van der Waals surface area contributed by atoms with Gasteiger partial charge in [-0.05, 0) is 35.0 Å². The third-order valence-electron chi connectivity index (χ3n) is 2.36. The van der Waals surface area contributed by atoms with Crippen LogP contribution in [0.2, 0.25) is 0 Å². The van der Waals surface area contributed by atoms with E-state index in [2.05, 4.69) is 20.7 Å². The second kappa shape index (κ2) is 7.14. The van der Waals surface area contributed by atoms with Crippen LogP contribution in [-0.2, 0) is 9.53 Å². The highest BCUT2D eigenvalue weighted by Crippen LogP contribution is 2.39. The molecule has 0 aliphatic heterocycles. The molecule has 20 heavy (non-hydrogen) atoms. The van der Waals surface area contributed by atoms with Crippen molar-refractivity contribution < 1.29 is 27.8 Å². The molecule has 9 heteroatoms. The average Bonchev–Trinajstić information content (AvgIpc) is 2.34. The maximum absolute atomic E-state index is 13.7. The summed E-state index contributed by atoms with van der Waals surface area (Å²) in [5, 5.41) is 9.57. The van der Waals surface area contributed by atoms with Gasteiger partial charge in [-0.25, -0.2) is 9.18 Å². The van der Waals surface area contributed by atoms with Gasteiger partial charge in [-0.1, -0.05) is 0 Å². The molecule has 3 N–H and O–H groups in total. The number of halogens is 5. The van der Waals surface area contributed by atoms with Crippen molar-refractivity contribution in [3.8, 4) is 5.75 Å². The minimum atomic E-state index is -4.16. The third kappa shape index (κ3) is 3.56. The molecule has 0 bridgehead atoms. The molecule has 0 spiro atoms. The zero-order valence-corrected chi connectivity index (χ0v) is 12.6. The maximum atomic E-state index is 13.7. The standard InChI is InChI=1S/C11H11BrF3NO3.ClH/c1-2-19-10(18)11(14,15)9(16)7-6(13)4-3-5(12)8(7)17;/h3-4,9,17H,2,16H2,1H3;1H/t9-;/m0./s1. The van der Waals surface area contributed by atoms with E-state index in [1.165, 1.54) is 6.92 Å². The number of carbonyl (C=O) groups excluding carboxylic acids is 1. The van der Waals surface area contributed by atoms with E-state index in [-0.39, 0.29) is 23.5 Å². The van der Waals surface area contributed by atoms with E-state index in [9.17, 15) is 23.1 Å². The van der Waals surface area contributed by atoms with Crippen LogP contribution in [0.5, 0.6) is 5.75 Å². The lowest BCUT2D eigenvalue weighted by molar-refractivity contribution is -0.175. The van der Waals surface area contributed by atoms with Gasteiger partial charge in [-0.15, -0.1) is 12.4 Å². The minimum Gasteiger partial charge on any atom is -0.506 e. The van der Waals surface area contributed by atoms with Crippen molar-refractivity contribution in [1.82, 2.24) is 0 Å². The second-order valence-electron chi connectivity index (χ2n) is 3.61. The fourth-order valence-electron chi connectivity index (χ4n) is 1.39. The first-order chi connectivity index (χ1) is 8.73. The Morgan fingerprint density at radius 1 is 1.55 bits per heavy atom. The monoisotopic (exact) mass is 377 g/mol. The summed E-state index contributed by atoms with van der Waals surface area (Å²) in [4.78, 5) is 11.1. The van der Waals surface area contributed by atoms with Crippen LogP contribution in [0, 0.1) is 5.82 Å². The van der Waals surface area contributed by atoms with Gasteiger partial charge in [0.25, 0.3) is 0 Å². The number of esters is 1. The van der Waals surface area contributed by atoms with E-state index >= 15 is 0 Å². The Bertz CT molecular complexity index is 502. The van der Waals surface area contributed by atoms with Crippen molar-refractivity contribution in [3.63, 3.8) is 0 Å². The molecule has 0 fully saturated rings. The third-order valence-corrected chi connectivity index (χ3v) is 3.00. The predicted molar refractivity (Wildman–Crippen MR) is 71.5 cm³/mol. The number of aromatic hydroxyl groups is 1. The lowest BCUT2D eigenvalue weighted by atomic mass is 10.00. The molecular weight excluding hydrogens is 366 g/mol. The van der Waals surface area contributed by atoms with Crippen molar-refractivity contribution in [2.45, 2.75) is 18.9 Å². The molecule has 0 radical (unpaired) electrons. The normalized spacial score (nSPS) is 12.5. The number of hydrogen-bond acceptors (Lipinski definition) is 4. The number of nitrogens with two attached hydrogens (primary N) is 1. The summed E-state index contributed by atoms with van der Waals surface area (Å²) in [6, 6.07) is -0.382. The Hall–Kier alpha value is -0.990. The number of rotatable bonds is 4. The molecule has 114 valence electrons. The van der Waals surface area contributed by atoms with Crippen LogP contribution >= 0.6 is 28.3 Å². The van der Waals surface area contributed by atoms with E-state index < -0.39 is 35.1 Å². The van der Waals surface area contributed by atoms with Crippen LogP contribution in [0.1, 0.15) is 18.5 Å². The SMILES string of the molecule is CCOC(=O)C(F)(F)[C@@H](N)c1c(F)ccc(Br)c1O.Cl. The first-order valence-corrected chi connectivity index (χ1v) is 6.00. The summed E-state index contributed by atoms with van der Waals surface area (Å²) in [7, 11) is 0. The Labute approximate surface area is 127 Å². The second-order valence-corrected chi connectivity index (χ2v) is 4.47. The molecule has 0 aromatic heterocycles. The lowest BCUT2D eigenvalue weighted by Crippen LogP contribution is -2.42. The van der Waals surface area contributed by atoms with E-state index in [1.54, 1.807) is 0 Å². The van der Waals surface area contributed by atoms with Gasteiger partial charge in [-0.3, -0.25) is 0 Å². The van der Waals surface area contributed by atoms with Crippen LogP contribution < -0.4 is 5.73 Å². The van der Waals surface area contributed by atoms with Crippen LogP contribution in [-0.4, -0.2) is 23.6 Å². The summed E-state index contributed by atoms with van der Waals surface area (Å²) in [6.45, 7) is 1.07. The molecule has 4 nitrogen and oxygen atoms in total. The molecule has 0 aliphatic rings. The molecule has 0 saturated carbocycles. The average molecular weight is 379 g/mol. The van der Waals surface area contributed by atoms with Crippen LogP contribution in [0.3, 0.4) is 0 Å². The molecule has 0 unspecified atom stereocenters. The van der Waals surface area contributed by atoms with Gasteiger partial charge in [-0.2, -0.15) is 8.78 Å². The molecule has 1 rings (SSSR count). The first-order valence-electron chi connectivity index (χ1n) is 5.20. The van der Waals surface area contributed by atoms with Crippen LogP contribution in [0.25, 0.3) is 0 Å². The van der Waals surface area contributed by atoms with Gasteiger partial charge < -0.3 is 15.6 Å². The number of benzene rings is 1. The van der Waals surface area contributed by atoms with Gasteiger partial charge in [0.05, 0.1) is 16.6 Å². The number of phenols is 1. The number of carbonyl (C=O) groups is 1. The summed E-state index contributed by atoms with van der Waals surface area (Å²) in [5.41, 5.74) is 4.35. The number of ether oxygens (including phenoxy) is 1. The zero-order valence-electron chi connectivity index (χ0n) is 10.2. The number of hydrogen-bond donors (Lipinski definition) is 2. The van der Waals surface area contributed by atoms with E-state index in [4.69, 9.17) is 5.73 Å². The summed E-state index contributed by atoms with van der Waals surface area (Å²) >= 11 is 2.85. The van der Waals surface area contributed by atoms with Crippen molar-refractivity contribution in [3.05, 3.63) is 28.0 Å². The highest BCUT2D eigenvalue weighted by molar-refractivity contribution is 9.10. The van der Waals surface area contributed by atoms with E-state index in [0.29, 0.717) is 0 Å². The van der Waals surface area contributed by atoms with Gasteiger partial charge >= 0.3 is 11.9 Å². The van der Waals surface area contributed by atoms with Crippen LogP contribution in [0.4, 0.5) is 13.2 Å². The van der Waals surface area contributed by atoms with Gasteiger partial charge in [0.1, 0.15) is 17.6 Å². The molecule has 1 aromatic carbocycles. The maximum Gasteiger partial charge on any atom is 0.379 e. The lowest BCUT2D eigenvalue weighted by Gasteiger charge is -2.23. The quantitative estimate of drug-likeness (QED) is 0.790. The molecule has 0 aliphatic carbocycles. The molecule has 0 heterocycles. The molecule has 1 atom stereocenters. The highest BCUT2D eigenvalue weighted by atomic mass is 79.9. The van der Waals surface area contributed by atoms with Crippen molar-refractivity contribution in [1.29, 1.82) is 0 Å². The van der Waals surface area contributed by atoms with Crippen molar-refractivity contribution >= 4 is 34.3 Å². The smallest absolute Gasteiger partial charge is 0.379 e. The Kier molecular flexibility index (Phi) is 6.79. The summed E-state index contributed by atoms with van der Waals surface area (Å²) in [5.74, 6) is -7.95.